The molecule has 0 amide bonds. The van der Waals surface area contributed by atoms with Gasteiger partial charge in [0.05, 0.1) is 24.8 Å². The van der Waals surface area contributed by atoms with E-state index in [2.05, 4.69) is 10.3 Å². The predicted molar refractivity (Wildman–Crippen MR) is 49.7 cm³/mol. The zero-order valence-electron chi connectivity index (χ0n) is 7.36. The first kappa shape index (κ1) is 8.52. The van der Waals surface area contributed by atoms with Gasteiger partial charge in [0.2, 0.25) is 0 Å². The summed E-state index contributed by atoms with van der Waals surface area (Å²) in [4.78, 5) is 3.88. The van der Waals surface area contributed by atoms with Crippen molar-refractivity contribution in [1.29, 1.82) is 0 Å². The Morgan fingerprint density at radius 2 is 2.54 bits per heavy atom. The second-order valence-corrected chi connectivity index (χ2v) is 3.44. The Morgan fingerprint density at radius 1 is 1.69 bits per heavy atom. The van der Waals surface area contributed by atoms with Gasteiger partial charge in [0.15, 0.2) is 0 Å². The molecular weight excluding hydrogens is 168 g/mol. The van der Waals surface area contributed by atoms with Gasteiger partial charge in [0, 0.05) is 12.5 Å². The minimum Gasteiger partial charge on any atom is -0.398 e. The summed E-state index contributed by atoms with van der Waals surface area (Å²) in [5, 5.41) is 3.00. The summed E-state index contributed by atoms with van der Waals surface area (Å²) in [6.45, 7) is 1.42. The van der Waals surface area contributed by atoms with E-state index < -0.39 is 5.66 Å². The van der Waals surface area contributed by atoms with Crippen LogP contribution in [0.2, 0.25) is 0 Å². The molecule has 0 aromatic rings. The van der Waals surface area contributed by atoms with Crippen molar-refractivity contribution in [2.75, 3.05) is 13.2 Å². The molecule has 2 atom stereocenters. The smallest absolute Gasteiger partial charge is 0.134 e. The van der Waals surface area contributed by atoms with Gasteiger partial charge in [0.25, 0.3) is 0 Å². The Labute approximate surface area is 76.8 Å². The molecule has 2 rings (SSSR count). The summed E-state index contributed by atoms with van der Waals surface area (Å²) in [7, 11) is 0. The van der Waals surface area contributed by atoms with Crippen LogP contribution >= 0.6 is 0 Å². The summed E-state index contributed by atoms with van der Waals surface area (Å²) >= 11 is 0. The van der Waals surface area contributed by atoms with Gasteiger partial charge >= 0.3 is 0 Å². The fourth-order valence-corrected chi connectivity index (χ4v) is 1.70. The van der Waals surface area contributed by atoms with E-state index in [1.165, 1.54) is 0 Å². The SMILES string of the molecule is NC1=CN=CN[C@@]1(N)C1CCOC1. The van der Waals surface area contributed by atoms with E-state index in [0.717, 1.165) is 13.0 Å². The van der Waals surface area contributed by atoms with Gasteiger partial charge in [0.1, 0.15) is 5.66 Å². The van der Waals surface area contributed by atoms with E-state index in [1.54, 1.807) is 12.5 Å². The molecule has 0 saturated carbocycles. The number of nitrogens with two attached hydrogens (primary N) is 2. The maximum atomic E-state index is 6.13. The van der Waals surface area contributed by atoms with Crippen molar-refractivity contribution in [3.05, 3.63) is 11.9 Å². The third-order valence-corrected chi connectivity index (χ3v) is 2.64. The molecule has 0 aromatic heterocycles. The third kappa shape index (κ3) is 1.30. The average Bonchev–Trinajstić information content (AvgIpc) is 2.63. The number of hydrogen-bond donors (Lipinski definition) is 3. The van der Waals surface area contributed by atoms with Gasteiger partial charge in [-0.15, -0.1) is 0 Å². The minimum atomic E-state index is -0.668. The second kappa shape index (κ2) is 3.01. The van der Waals surface area contributed by atoms with Gasteiger partial charge in [-0.1, -0.05) is 0 Å². The second-order valence-electron chi connectivity index (χ2n) is 3.44. The minimum absolute atomic E-state index is 0.232. The highest BCUT2D eigenvalue weighted by atomic mass is 16.5. The normalized spacial score (nSPS) is 38.5. The average molecular weight is 182 g/mol. The molecule has 1 unspecified atom stereocenters. The zero-order valence-corrected chi connectivity index (χ0v) is 7.36. The van der Waals surface area contributed by atoms with Crippen molar-refractivity contribution in [3.8, 4) is 0 Å². The first-order valence-corrected chi connectivity index (χ1v) is 4.35. The topological polar surface area (TPSA) is 85.7 Å². The highest BCUT2D eigenvalue weighted by Gasteiger charge is 2.40. The van der Waals surface area contributed by atoms with E-state index in [0.29, 0.717) is 12.3 Å². The lowest BCUT2D eigenvalue weighted by Gasteiger charge is -2.36. The third-order valence-electron chi connectivity index (χ3n) is 2.64. The number of nitrogens with zero attached hydrogens (tertiary/aromatic N) is 1. The van der Waals surface area contributed by atoms with Gasteiger partial charge in [-0.2, -0.15) is 0 Å². The number of hydrogen-bond acceptors (Lipinski definition) is 5. The number of rotatable bonds is 1. The molecule has 0 radical (unpaired) electrons. The summed E-state index contributed by atoms with van der Waals surface area (Å²) in [5.41, 5.74) is 11.8. The van der Waals surface area contributed by atoms with Crippen molar-refractivity contribution < 1.29 is 4.74 Å². The van der Waals surface area contributed by atoms with E-state index in [1.807, 2.05) is 0 Å². The Kier molecular flexibility index (Phi) is 1.97. The van der Waals surface area contributed by atoms with Crippen LogP contribution in [0.5, 0.6) is 0 Å². The van der Waals surface area contributed by atoms with Crippen LogP contribution in [0.1, 0.15) is 6.42 Å². The molecule has 0 aliphatic carbocycles. The Balaban J connectivity index is 2.19. The Morgan fingerprint density at radius 3 is 3.15 bits per heavy atom. The zero-order chi connectivity index (χ0) is 9.31. The maximum Gasteiger partial charge on any atom is 0.134 e. The molecule has 5 heteroatoms. The van der Waals surface area contributed by atoms with Crippen LogP contribution < -0.4 is 16.8 Å². The Bertz CT molecular complexity index is 257. The van der Waals surface area contributed by atoms with Crippen LogP contribution in [-0.4, -0.2) is 25.2 Å². The summed E-state index contributed by atoms with van der Waals surface area (Å²) < 4.78 is 5.28. The highest BCUT2D eigenvalue weighted by Crippen LogP contribution is 2.26. The molecule has 0 bridgehead atoms. The first-order valence-electron chi connectivity index (χ1n) is 4.35. The predicted octanol–water partition coefficient (Wildman–Crippen LogP) is -0.891. The van der Waals surface area contributed by atoms with E-state index in [-0.39, 0.29) is 5.92 Å². The molecular formula is C8H14N4O. The van der Waals surface area contributed by atoms with Crippen LogP contribution in [0.4, 0.5) is 0 Å². The molecule has 13 heavy (non-hydrogen) atoms. The van der Waals surface area contributed by atoms with Crippen LogP contribution in [0, 0.1) is 5.92 Å². The summed E-state index contributed by atoms with van der Waals surface area (Å²) in [5.74, 6) is 0.232. The molecule has 72 valence electrons. The van der Waals surface area contributed by atoms with Crippen molar-refractivity contribution in [2.45, 2.75) is 12.1 Å². The summed E-state index contributed by atoms with van der Waals surface area (Å²) in [6, 6.07) is 0. The number of ether oxygens (including phenoxy) is 1. The molecule has 1 fully saturated rings. The monoisotopic (exact) mass is 182 g/mol. The summed E-state index contributed by atoms with van der Waals surface area (Å²) in [6.07, 6.45) is 4.11. The van der Waals surface area contributed by atoms with Crippen LogP contribution in [-0.2, 0) is 4.74 Å². The first-order chi connectivity index (χ1) is 6.23. The van der Waals surface area contributed by atoms with Gasteiger partial charge in [-0.05, 0) is 6.42 Å². The Hall–Kier alpha value is -1.07. The van der Waals surface area contributed by atoms with Gasteiger partial charge < -0.3 is 21.5 Å². The lowest BCUT2D eigenvalue weighted by Crippen LogP contribution is -2.62. The number of aliphatic imine (C=N–C) groups is 1. The van der Waals surface area contributed by atoms with Crippen molar-refractivity contribution in [3.63, 3.8) is 0 Å². The van der Waals surface area contributed by atoms with Crippen LogP contribution in [0.15, 0.2) is 16.9 Å². The molecule has 1 saturated heterocycles. The highest BCUT2D eigenvalue weighted by molar-refractivity contribution is 5.60. The van der Waals surface area contributed by atoms with Gasteiger partial charge in [-0.3, -0.25) is 0 Å². The quantitative estimate of drug-likeness (QED) is 0.491. The molecule has 2 aliphatic heterocycles. The molecule has 5 N–H and O–H groups in total. The van der Waals surface area contributed by atoms with Crippen molar-refractivity contribution in [1.82, 2.24) is 5.32 Å². The van der Waals surface area contributed by atoms with Crippen molar-refractivity contribution >= 4 is 6.34 Å². The fraction of sp³-hybridized carbons (Fsp3) is 0.625. The van der Waals surface area contributed by atoms with Crippen LogP contribution in [0.25, 0.3) is 0 Å². The molecule has 0 spiro atoms. The molecule has 0 aromatic carbocycles. The standard InChI is InChI=1S/C8H14N4O/c9-7-3-11-5-12-8(7,10)6-1-2-13-4-6/h3,5-6H,1-2,4,9-10H2,(H,11,12)/t6?,8-/m0/s1. The lowest BCUT2D eigenvalue weighted by molar-refractivity contribution is 0.166. The number of nitrogens with one attached hydrogen (secondary N) is 1. The molecule has 2 heterocycles. The lowest BCUT2D eigenvalue weighted by atomic mass is 9.89. The van der Waals surface area contributed by atoms with E-state index in [9.17, 15) is 0 Å². The van der Waals surface area contributed by atoms with E-state index in [4.69, 9.17) is 16.2 Å². The van der Waals surface area contributed by atoms with Crippen molar-refractivity contribution in [2.24, 2.45) is 22.4 Å². The van der Waals surface area contributed by atoms with Crippen LogP contribution in [0.3, 0.4) is 0 Å². The molecule has 2 aliphatic rings. The fourth-order valence-electron chi connectivity index (χ4n) is 1.70. The van der Waals surface area contributed by atoms with E-state index >= 15 is 0 Å². The largest absolute Gasteiger partial charge is 0.398 e. The maximum absolute atomic E-state index is 6.13. The molecule has 5 nitrogen and oxygen atoms in total. The van der Waals surface area contributed by atoms with Gasteiger partial charge in [-0.25, -0.2) is 4.99 Å².